The van der Waals surface area contributed by atoms with Crippen molar-refractivity contribution in [2.45, 2.75) is 95.4 Å². The van der Waals surface area contributed by atoms with E-state index in [1.165, 1.54) is 12.4 Å². The number of nitrogens with one attached hydrogen (secondary N) is 3. The lowest BCUT2D eigenvalue weighted by Crippen LogP contribution is -2.52. The normalized spacial score (nSPS) is 19.5. The lowest BCUT2D eigenvalue weighted by Gasteiger charge is -2.37. The number of aliphatic hydroxyl groups is 1. The van der Waals surface area contributed by atoms with E-state index in [-0.39, 0.29) is 24.4 Å². The average Bonchev–Trinajstić information content (AvgIpc) is 3.30. The highest BCUT2D eigenvalue weighted by molar-refractivity contribution is 5.94. The zero-order valence-electron chi connectivity index (χ0n) is 21.7. The van der Waals surface area contributed by atoms with Gasteiger partial charge in [0.15, 0.2) is 5.82 Å². The van der Waals surface area contributed by atoms with Gasteiger partial charge in [0.1, 0.15) is 17.2 Å². The molecule has 8 nitrogen and oxygen atoms in total. The number of aromatic nitrogens is 2. The number of hydrogen-bond donors (Lipinski definition) is 4. The van der Waals surface area contributed by atoms with Crippen molar-refractivity contribution < 1.29 is 23.5 Å². The van der Waals surface area contributed by atoms with Crippen LogP contribution in [0.1, 0.15) is 70.4 Å². The highest BCUT2D eigenvalue weighted by Crippen LogP contribution is 2.31. The maximum atomic E-state index is 14.3. The van der Waals surface area contributed by atoms with Gasteiger partial charge in [-0.2, -0.15) is 0 Å². The van der Waals surface area contributed by atoms with Crippen LogP contribution in [0.25, 0.3) is 0 Å². The van der Waals surface area contributed by atoms with Crippen LogP contribution in [-0.2, 0) is 28.0 Å². The molecule has 4 rings (SSSR count). The maximum Gasteiger partial charge on any atom is 0.245 e. The summed E-state index contributed by atoms with van der Waals surface area (Å²) in [5.74, 6) is -1.30. The maximum absolute atomic E-state index is 14.3. The zero-order valence-corrected chi connectivity index (χ0v) is 21.7. The number of rotatable bonds is 10. The number of aryl methyl sites for hydroxylation is 1. The van der Waals surface area contributed by atoms with E-state index in [0.29, 0.717) is 55.5 Å². The number of carbonyl (C=O) groups is 2. The van der Waals surface area contributed by atoms with Gasteiger partial charge >= 0.3 is 0 Å². The van der Waals surface area contributed by atoms with Gasteiger partial charge in [-0.05, 0) is 76.0 Å². The molecule has 1 fully saturated rings. The Morgan fingerprint density at radius 3 is 2.73 bits per heavy atom. The molecule has 2 atom stereocenters. The van der Waals surface area contributed by atoms with Gasteiger partial charge in [-0.25, -0.2) is 13.8 Å². The van der Waals surface area contributed by atoms with Crippen molar-refractivity contribution in [3.8, 4) is 0 Å². The molecule has 2 amide bonds. The first-order chi connectivity index (χ1) is 17.5. The molecule has 2 aliphatic carbocycles. The average molecular weight is 518 g/mol. The van der Waals surface area contributed by atoms with E-state index in [2.05, 4.69) is 20.9 Å². The molecular formula is C27H37F2N5O3. The van der Waals surface area contributed by atoms with Crippen molar-refractivity contribution in [2.75, 3.05) is 11.9 Å². The summed E-state index contributed by atoms with van der Waals surface area (Å²) in [4.78, 5) is 30.2. The number of carbonyl (C=O) groups excluding carboxylic acids is 2. The Labute approximate surface area is 216 Å². The van der Waals surface area contributed by atoms with Gasteiger partial charge in [0.05, 0.1) is 18.0 Å². The first-order valence-corrected chi connectivity index (χ1v) is 13.1. The third-order valence-corrected chi connectivity index (χ3v) is 7.69. The van der Waals surface area contributed by atoms with Crippen LogP contribution in [0.3, 0.4) is 0 Å². The quantitative estimate of drug-likeness (QED) is 0.387. The second kappa shape index (κ2) is 10.9. The van der Waals surface area contributed by atoms with Gasteiger partial charge < -0.3 is 25.6 Å². The summed E-state index contributed by atoms with van der Waals surface area (Å²) in [6.45, 7) is 5.68. The number of fused-ring (bicyclic) bond motifs is 1. The Bertz CT molecular complexity index is 1150. The SMILES string of the molecule is CCC[C@H](N[C@H]1CCc2cc(F)cc(F)c2C1)C(=O)Nc1cn(C(C)(C)C(=O)NCC2(O)CCC2)cn1. The molecule has 1 aromatic carbocycles. The van der Waals surface area contributed by atoms with Crippen LogP contribution in [0.5, 0.6) is 0 Å². The van der Waals surface area contributed by atoms with Crippen LogP contribution in [0, 0.1) is 11.6 Å². The van der Waals surface area contributed by atoms with Gasteiger partial charge in [0.2, 0.25) is 11.8 Å². The highest BCUT2D eigenvalue weighted by atomic mass is 19.1. The molecule has 1 aromatic heterocycles. The molecule has 1 saturated carbocycles. The summed E-state index contributed by atoms with van der Waals surface area (Å²) >= 11 is 0. The fraction of sp³-hybridized carbons (Fsp3) is 0.593. The van der Waals surface area contributed by atoms with Crippen LogP contribution in [0.4, 0.5) is 14.6 Å². The van der Waals surface area contributed by atoms with E-state index in [0.717, 1.165) is 18.9 Å². The van der Waals surface area contributed by atoms with E-state index < -0.39 is 28.8 Å². The van der Waals surface area contributed by atoms with Gasteiger partial charge in [-0.15, -0.1) is 0 Å². The minimum atomic E-state index is -0.976. The minimum absolute atomic E-state index is 0.111. The Morgan fingerprint density at radius 2 is 2.05 bits per heavy atom. The van der Waals surface area contributed by atoms with Crippen LogP contribution in [0.2, 0.25) is 0 Å². The van der Waals surface area contributed by atoms with Gasteiger partial charge in [0.25, 0.3) is 0 Å². The molecule has 4 N–H and O–H groups in total. The Morgan fingerprint density at radius 1 is 1.30 bits per heavy atom. The number of benzene rings is 1. The molecule has 0 bridgehead atoms. The first kappa shape index (κ1) is 27.2. The van der Waals surface area contributed by atoms with Crippen LogP contribution in [0.15, 0.2) is 24.7 Å². The molecule has 0 unspecified atom stereocenters. The molecule has 0 aliphatic heterocycles. The van der Waals surface area contributed by atoms with E-state index in [1.54, 1.807) is 24.6 Å². The largest absolute Gasteiger partial charge is 0.388 e. The smallest absolute Gasteiger partial charge is 0.245 e. The third kappa shape index (κ3) is 6.18. The molecule has 2 aliphatic rings. The molecule has 0 spiro atoms. The third-order valence-electron chi connectivity index (χ3n) is 7.69. The summed E-state index contributed by atoms with van der Waals surface area (Å²) in [5, 5.41) is 19.3. The van der Waals surface area contributed by atoms with Crippen molar-refractivity contribution in [1.29, 1.82) is 0 Å². The lowest BCUT2D eigenvalue weighted by molar-refractivity contribution is -0.130. The molecular weight excluding hydrogens is 480 g/mol. The number of nitrogens with zero attached hydrogens (tertiary/aromatic N) is 2. The number of amides is 2. The fourth-order valence-electron chi connectivity index (χ4n) is 5.04. The van der Waals surface area contributed by atoms with Crippen LogP contribution in [-0.4, -0.2) is 50.7 Å². The second-order valence-electron chi connectivity index (χ2n) is 10.9. The molecule has 10 heteroatoms. The second-order valence-corrected chi connectivity index (χ2v) is 10.9. The van der Waals surface area contributed by atoms with Gasteiger partial charge in [0, 0.05) is 24.8 Å². The first-order valence-electron chi connectivity index (χ1n) is 13.1. The Balaban J connectivity index is 1.36. The van der Waals surface area contributed by atoms with Gasteiger partial charge in [-0.3, -0.25) is 9.59 Å². The van der Waals surface area contributed by atoms with Crippen LogP contribution >= 0.6 is 0 Å². The molecule has 202 valence electrons. The summed E-state index contributed by atoms with van der Waals surface area (Å²) in [6.07, 6.45) is 8.39. The Hall–Kier alpha value is -2.85. The summed E-state index contributed by atoms with van der Waals surface area (Å²) in [5.41, 5.74) is -0.602. The molecule has 0 saturated heterocycles. The zero-order chi connectivity index (χ0) is 26.8. The van der Waals surface area contributed by atoms with Crippen molar-refractivity contribution in [2.24, 2.45) is 0 Å². The van der Waals surface area contributed by atoms with Crippen molar-refractivity contribution in [3.05, 3.63) is 47.4 Å². The number of hydrogen-bond acceptors (Lipinski definition) is 5. The Kier molecular flexibility index (Phi) is 7.99. The topological polar surface area (TPSA) is 108 Å². The molecule has 0 radical (unpaired) electrons. The molecule has 2 aromatic rings. The number of imidazole rings is 1. The molecule has 1 heterocycles. The monoisotopic (exact) mass is 517 g/mol. The molecule has 37 heavy (non-hydrogen) atoms. The fourth-order valence-corrected chi connectivity index (χ4v) is 5.04. The summed E-state index contributed by atoms with van der Waals surface area (Å²) < 4.78 is 29.5. The minimum Gasteiger partial charge on any atom is -0.388 e. The highest BCUT2D eigenvalue weighted by Gasteiger charge is 2.37. The van der Waals surface area contributed by atoms with E-state index in [4.69, 9.17) is 0 Å². The van der Waals surface area contributed by atoms with Gasteiger partial charge in [-0.1, -0.05) is 13.3 Å². The van der Waals surface area contributed by atoms with E-state index in [9.17, 15) is 23.5 Å². The summed E-state index contributed by atoms with van der Waals surface area (Å²) in [7, 11) is 0. The van der Waals surface area contributed by atoms with Crippen LogP contribution < -0.4 is 16.0 Å². The van der Waals surface area contributed by atoms with E-state index >= 15 is 0 Å². The number of anilines is 1. The van der Waals surface area contributed by atoms with Crippen molar-refractivity contribution in [1.82, 2.24) is 20.2 Å². The summed E-state index contributed by atoms with van der Waals surface area (Å²) in [6, 6.07) is 1.67. The lowest BCUT2D eigenvalue weighted by atomic mass is 9.80. The van der Waals surface area contributed by atoms with E-state index in [1.807, 2.05) is 6.92 Å². The van der Waals surface area contributed by atoms with Crippen molar-refractivity contribution >= 4 is 17.6 Å². The predicted molar refractivity (Wildman–Crippen MR) is 136 cm³/mol. The predicted octanol–water partition coefficient (Wildman–Crippen LogP) is 3.18. The number of halogens is 2. The standard InChI is InChI=1S/C27H37F2N5O3/c1-4-6-22(32-19-8-7-17-11-18(28)12-21(29)20(17)13-19)24(35)33-23-14-34(16-31-23)26(2,3)25(36)30-15-27(37)9-5-10-27/h11-12,14,16,19,22,32,37H,4-10,13,15H2,1-3H3,(H,30,36)(H,33,35)/t19-,22-/m0/s1. The van der Waals surface area contributed by atoms with Crippen molar-refractivity contribution in [3.63, 3.8) is 0 Å².